The molecule has 0 N–H and O–H groups in total. The number of benzene rings is 8. The Kier molecular flexibility index (Phi) is 8.18. The van der Waals surface area contributed by atoms with E-state index < -0.39 is 0 Å². The van der Waals surface area contributed by atoms with E-state index >= 15 is 0 Å². The lowest BCUT2D eigenvalue weighted by atomic mass is 9.34. The molecule has 0 amide bonds. The number of hydrogen-bond acceptors (Lipinski definition) is 3. The number of aryl methyl sites for hydroxylation is 1. The van der Waals surface area contributed by atoms with Crippen molar-refractivity contribution in [3.63, 3.8) is 0 Å². The van der Waals surface area contributed by atoms with Crippen molar-refractivity contribution in [2.45, 2.75) is 52.4 Å². The summed E-state index contributed by atoms with van der Waals surface area (Å²) < 4.78 is 12.2. The molecule has 12 rings (SSSR count). The Bertz CT molecular complexity index is 3340. The molecule has 0 saturated heterocycles. The van der Waals surface area contributed by atoms with Crippen LogP contribution in [0.2, 0.25) is 0 Å². The van der Waals surface area contributed by atoms with E-state index in [4.69, 9.17) is 4.74 Å². The number of anilines is 3. The topological polar surface area (TPSA) is 17.4 Å². The van der Waals surface area contributed by atoms with Crippen molar-refractivity contribution in [1.29, 1.82) is 0 Å². The molecule has 4 heterocycles. The number of para-hydroxylation sites is 2. The van der Waals surface area contributed by atoms with Gasteiger partial charge in [-0.25, -0.2) is 0 Å². The van der Waals surface area contributed by atoms with Crippen molar-refractivity contribution < 1.29 is 4.74 Å². The SMILES string of the molecule is CCCCc1ccc2sc3ccccc3c2c1N1c2cc(-n3c4ccccc4c4ccccc43)ccc2B2c3cc(-c4ccccc4)ccc3Oc3cc(C(C)(C)C)cc1c32. The summed E-state index contributed by atoms with van der Waals surface area (Å²) in [7, 11) is 0. The zero-order valence-corrected chi connectivity index (χ0v) is 35.8. The van der Waals surface area contributed by atoms with Gasteiger partial charge < -0.3 is 14.2 Å². The van der Waals surface area contributed by atoms with Crippen LogP contribution in [-0.4, -0.2) is 11.3 Å². The van der Waals surface area contributed by atoms with Crippen LogP contribution in [0.25, 0.3) is 58.8 Å². The molecule has 61 heavy (non-hydrogen) atoms. The first-order valence-corrected chi connectivity index (χ1v) is 22.6. The molecule has 0 saturated carbocycles. The molecular formula is C56H45BN2OS. The summed E-state index contributed by atoms with van der Waals surface area (Å²) in [5.74, 6) is 1.88. The number of unbranched alkanes of at least 4 members (excludes halogenated alkanes) is 1. The molecule has 0 atom stereocenters. The van der Waals surface area contributed by atoms with Crippen molar-refractivity contribution >= 4 is 93.5 Å². The van der Waals surface area contributed by atoms with Gasteiger partial charge in [0.1, 0.15) is 11.5 Å². The quantitative estimate of drug-likeness (QED) is 0.156. The maximum absolute atomic E-state index is 7.14. The van der Waals surface area contributed by atoms with Gasteiger partial charge in [0.05, 0.1) is 16.7 Å². The van der Waals surface area contributed by atoms with Gasteiger partial charge in [0.2, 0.25) is 0 Å². The highest BCUT2D eigenvalue weighted by atomic mass is 32.1. The summed E-state index contributed by atoms with van der Waals surface area (Å²) in [5.41, 5.74) is 15.9. The van der Waals surface area contributed by atoms with Crippen LogP contribution in [0, 0.1) is 0 Å². The molecule has 0 aliphatic carbocycles. The largest absolute Gasteiger partial charge is 0.458 e. The van der Waals surface area contributed by atoms with E-state index in [0.717, 1.165) is 36.4 Å². The maximum atomic E-state index is 7.14. The Morgan fingerprint density at radius 2 is 1.31 bits per heavy atom. The van der Waals surface area contributed by atoms with Crippen LogP contribution >= 0.6 is 11.3 Å². The minimum atomic E-state index is -0.120. The molecule has 0 bridgehead atoms. The van der Waals surface area contributed by atoms with Gasteiger partial charge in [-0.3, -0.25) is 0 Å². The Labute approximate surface area is 361 Å². The second-order valence-electron chi connectivity index (χ2n) is 17.9. The van der Waals surface area contributed by atoms with Crippen LogP contribution in [0.1, 0.15) is 51.7 Å². The number of nitrogens with zero attached hydrogens (tertiary/aromatic N) is 2. The lowest BCUT2D eigenvalue weighted by molar-refractivity contribution is 0.483. The highest BCUT2D eigenvalue weighted by Crippen LogP contribution is 2.50. The van der Waals surface area contributed by atoms with Crippen LogP contribution in [0.15, 0.2) is 164 Å². The fraction of sp³-hybridized carbons (Fsp3) is 0.143. The fourth-order valence-corrected chi connectivity index (χ4v) is 11.3. The third kappa shape index (κ3) is 5.56. The first-order chi connectivity index (χ1) is 29.9. The Morgan fingerprint density at radius 1 is 0.590 bits per heavy atom. The zero-order chi connectivity index (χ0) is 41.0. The Morgan fingerprint density at radius 3 is 2.07 bits per heavy atom. The van der Waals surface area contributed by atoms with Gasteiger partial charge in [-0.05, 0) is 111 Å². The molecule has 10 aromatic rings. The molecule has 0 radical (unpaired) electrons. The van der Waals surface area contributed by atoms with Crippen molar-refractivity contribution in [2.24, 2.45) is 0 Å². The highest BCUT2D eigenvalue weighted by Gasteiger charge is 2.44. The van der Waals surface area contributed by atoms with Crippen molar-refractivity contribution in [3.05, 3.63) is 175 Å². The molecule has 5 heteroatoms. The van der Waals surface area contributed by atoms with Crippen LogP contribution in [0.5, 0.6) is 11.5 Å². The van der Waals surface area contributed by atoms with Gasteiger partial charge in [-0.15, -0.1) is 11.3 Å². The number of hydrogen-bond donors (Lipinski definition) is 0. The first-order valence-electron chi connectivity index (χ1n) is 21.8. The standard InChI is InChI=1S/C56H45BN2OS/c1-5-6-16-36-26-30-52-53(42-21-12-15-24-51(42)61-52)55(36)59-47-34-39(58-45-22-13-10-19-40(45)41-20-11-14-23-46(41)58)27-28-43(47)57-44-31-37(35-17-8-7-9-18-35)25-29-49(44)60-50-33-38(56(2,3)4)32-48(59)54(50)57/h7-15,17-34H,5-6,16H2,1-4H3. The summed E-state index contributed by atoms with van der Waals surface area (Å²) in [4.78, 5) is 2.67. The lowest BCUT2D eigenvalue weighted by Gasteiger charge is -2.42. The molecule has 3 nitrogen and oxygen atoms in total. The minimum Gasteiger partial charge on any atom is -0.458 e. The summed E-state index contributed by atoms with van der Waals surface area (Å²) in [6, 6.07) is 61.2. The number of ether oxygens (including phenoxy) is 1. The first kappa shape index (κ1) is 36.3. The fourth-order valence-electron chi connectivity index (χ4n) is 10.2. The Hall–Kier alpha value is -6.56. The normalized spacial score (nSPS) is 13.2. The molecule has 294 valence electrons. The second kappa shape index (κ2) is 13.7. The van der Waals surface area contributed by atoms with Crippen molar-refractivity contribution in [1.82, 2.24) is 4.57 Å². The van der Waals surface area contributed by atoms with E-state index in [1.165, 1.54) is 97.7 Å². The van der Waals surface area contributed by atoms with Gasteiger partial charge in [0.15, 0.2) is 0 Å². The van der Waals surface area contributed by atoms with Crippen LogP contribution in [-0.2, 0) is 11.8 Å². The maximum Gasteiger partial charge on any atom is 0.256 e. The van der Waals surface area contributed by atoms with E-state index in [0.29, 0.717) is 0 Å². The van der Waals surface area contributed by atoms with Gasteiger partial charge in [-0.2, -0.15) is 0 Å². The predicted molar refractivity (Wildman–Crippen MR) is 262 cm³/mol. The molecular weight excluding hydrogens is 760 g/mol. The molecule has 0 fully saturated rings. The molecule has 2 aliphatic heterocycles. The van der Waals surface area contributed by atoms with Gasteiger partial charge >= 0.3 is 0 Å². The van der Waals surface area contributed by atoms with E-state index in [2.05, 4.69) is 201 Å². The van der Waals surface area contributed by atoms with Crippen LogP contribution in [0.4, 0.5) is 17.1 Å². The second-order valence-corrected chi connectivity index (χ2v) is 19.0. The smallest absolute Gasteiger partial charge is 0.256 e. The molecule has 0 unspecified atom stereocenters. The van der Waals surface area contributed by atoms with E-state index in [1.807, 2.05) is 11.3 Å². The van der Waals surface area contributed by atoms with E-state index in [9.17, 15) is 0 Å². The minimum absolute atomic E-state index is 0.0394. The summed E-state index contributed by atoms with van der Waals surface area (Å²) >= 11 is 1.90. The van der Waals surface area contributed by atoms with Crippen molar-refractivity contribution in [2.75, 3.05) is 4.90 Å². The van der Waals surface area contributed by atoms with E-state index in [-0.39, 0.29) is 12.1 Å². The third-order valence-electron chi connectivity index (χ3n) is 13.2. The van der Waals surface area contributed by atoms with Crippen molar-refractivity contribution in [3.8, 4) is 28.3 Å². The van der Waals surface area contributed by atoms with Gasteiger partial charge in [0.25, 0.3) is 6.71 Å². The highest BCUT2D eigenvalue weighted by molar-refractivity contribution is 7.26. The number of thiophene rings is 1. The zero-order valence-electron chi connectivity index (χ0n) is 35.0. The average Bonchev–Trinajstić information content (AvgIpc) is 3.84. The third-order valence-corrected chi connectivity index (χ3v) is 14.3. The summed E-state index contributed by atoms with van der Waals surface area (Å²) in [6.45, 7) is 9.23. The number of fused-ring (bicyclic) bond motifs is 10. The lowest BCUT2D eigenvalue weighted by Crippen LogP contribution is -2.59. The molecule has 2 aromatic heterocycles. The number of aromatic nitrogens is 1. The predicted octanol–water partition coefficient (Wildman–Crippen LogP) is 13.9. The van der Waals surface area contributed by atoms with E-state index in [1.54, 1.807) is 0 Å². The van der Waals surface area contributed by atoms with Crippen LogP contribution in [0.3, 0.4) is 0 Å². The monoisotopic (exact) mass is 804 g/mol. The summed E-state index contributed by atoms with van der Waals surface area (Å²) in [5, 5.41) is 5.17. The Balaban J connectivity index is 1.22. The summed E-state index contributed by atoms with van der Waals surface area (Å²) in [6.07, 6.45) is 3.24. The molecule has 8 aromatic carbocycles. The average molecular weight is 805 g/mol. The molecule has 2 aliphatic rings. The van der Waals surface area contributed by atoms with Gasteiger partial charge in [0, 0.05) is 48.0 Å². The van der Waals surface area contributed by atoms with Crippen LogP contribution < -0.4 is 26.0 Å². The van der Waals surface area contributed by atoms with Gasteiger partial charge in [-0.1, -0.05) is 143 Å². The number of rotatable bonds is 6. The molecule has 0 spiro atoms.